The van der Waals surface area contributed by atoms with Crippen molar-refractivity contribution in [1.82, 2.24) is 4.90 Å². The summed E-state index contributed by atoms with van der Waals surface area (Å²) in [7, 11) is 1.66. The van der Waals surface area contributed by atoms with Crippen molar-refractivity contribution in [3.05, 3.63) is 54.1 Å². The fraction of sp³-hybridized carbons (Fsp3) is 0.250. The smallest absolute Gasteiger partial charge is 0.321 e. The molecule has 26 heavy (non-hydrogen) atoms. The molecule has 1 atom stereocenters. The van der Waals surface area contributed by atoms with Crippen molar-refractivity contribution in [3.63, 3.8) is 0 Å². The van der Waals surface area contributed by atoms with Crippen LogP contribution in [0.2, 0.25) is 0 Å². The lowest BCUT2D eigenvalue weighted by Gasteiger charge is -2.23. The van der Waals surface area contributed by atoms with Crippen LogP contribution in [0.1, 0.15) is 18.9 Å². The van der Waals surface area contributed by atoms with Crippen LogP contribution in [0.3, 0.4) is 0 Å². The molecule has 132 valence electrons. The maximum atomic E-state index is 12.1. The second-order valence-corrected chi connectivity index (χ2v) is 5.86. The van der Waals surface area contributed by atoms with E-state index >= 15 is 0 Å². The van der Waals surface area contributed by atoms with E-state index in [4.69, 9.17) is 15.3 Å². The molecule has 2 rings (SSSR count). The number of carbonyl (C=O) groups is 1. The van der Waals surface area contributed by atoms with Crippen molar-refractivity contribution >= 4 is 11.7 Å². The Morgan fingerprint density at radius 1 is 1.08 bits per heavy atom. The first kappa shape index (κ1) is 18.8. The van der Waals surface area contributed by atoms with Gasteiger partial charge < -0.3 is 15.0 Å². The Morgan fingerprint density at radius 3 is 2.19 bits per heavy atom. The molecule has 0 saturated carbocycles. The van der Waals surface area contributed by atoms with Gasteiger partial charge in [0.15, 0.2) is 0 Å². The normalized spacial score (nSPS) is 10.9. The Bertz CT molecular complexity index is 817. The molecule has 0 fully saturated rings. The Balaban J connectivity index is 1.94. The SMILES string of the molecule is C[C@H](CC#N)N(C)C(=O)Nc1ccc(Oc2ccc(CC#N)cc2)cc1. The van der Waals surface area contributed by atoms with Gasteiger partial charge in [0.25, 0.3) is 0 Å². The molecule has 2 amide bonds. The fourth-order valence-electron chi connectivity index (χ4n) is 2.19. The summed E-state index contributed by atoms with van der Waals surface area (Å²) < 4.78 is 5.75. The summed E-state index contributed by atoms with van der Waals surface area (Å²) in [6.07, 6.45) is 0.653. The number of anilines is 1. The summed E-state index contributed by atoms with van der Waals surface area (Å²) in [4.78, 5) is 13.6. The van der Waals surface area contributed by atoms with Crippen LogP contribution in [-0.4, -0.2) is 24.0 Å². The van der Waals surface area contributed by atoms with Crippen LogP contribution in [0.25, 0.3) is 0 Å². The van der Waals surface area contributed by atoms with Gasteiger partial charge in [0.05, 0.1) is 25.0 Å². The van der Waals surface area contributed by atoms with Crippen LogP contribution in [-0.2, 0) is 6.42 Å². The van der Waals surface area contributed by atoms with Crippen LogP contribution in [0.15, 0.2) is 48.5 Å². The van der Waals surface area contributed by atoms with E-state index in [0.717, 1.165) is 5.56 Å². The number of ether oxygens (including phenoxy) is 1. The second-order valence-electron chi connectivity index (χ2n) is 5.86. The third-order valence-corrected chi connectivity index (χ3v) is 3.92. The van der Waals surface area contributed by atoms with E-state index in [-0.39, 0.29) is 18.5 Å². The minimum absolute atomic E-state index is 0.161. The number of carbonyl (C=O) groups excluding carboxylic acids is 1. The molecule has 0 spiro atoms. The first-order valence-electron chi connectivity index (χ1n) is 8.18. The fourth-order valence-corrected chi connectivity index (χ4v) is 2.19. The number of nitriles is 2. The molecule has 2 aromatic rings. The highest BCUT2D eigenvalue weighted by Gasteiger charge is 2.15. The van der Waals surface area contributed by atoms with Gasteiger partial charge in [-0.1, -0.05) is 12.1 Å². The lowest BCUT2D eigenvalue weighted by atomic mass is 10.2. The summed E-state index contributed by atoms with van der Waals surface area (Å²) in [6, 6.07) is 18.1. The number of hydrogen-bond acceptors (Lipinski definition) is 4. The van der Waals surface area contributed by atoms with E-state index in [1.54, 1.807) is 31.3 Å². The zero-order valence-corrected chi connectivity index (χ0v) is 14.8. The van der Waals surface area contributed by atoms with Crippen LogP contribution in [0.4, 0.5) is 10.5 Å². The van der Waals surface area contributed by atoms with Gasteiger partial charge in [-0.05, 0) is 48.9 Å². The second kappa shape index (κ2) is 9.10. The van der Waals surface area contributed by atoms with Crippen molar-refractivity contribution in [2.75, 3.05) is 12.4 Å². The van der Waals surface area contributed by atoms with Gasteiger partial charge in [0.1, 0.15) is 11.5 Å². The zero-order chi connectivity index (χ0) is 18.9. The summed E-state index contributed by atoms with van der Waals surface area (Å²) in [5.74, 6) is 1.32. The van der Waals surface area contributed by atoms with Crippen molar-refractivity contribution in [2.24, 2.45) is 0 Å². The summed E-state index contributed by atoms with van der Waals surface area (Å²) in [5.41, 5.74) is 1.58. The standard InChI is InChI=1S/C20H20N4O2/c1-15(11-13-21)24(2)20(25)23-17-5-9-19(10-6-17)26-18-7-3-16(4-8-18)12-14-22/h3-10,15H,11-12H2,1-2H3,(H,23,25)/t15-/m1/s1. The van der Waals surface area contributed by atoms with Crippen LogP contribution < -0.4 is 10.1 Å². The van der Waals surface area contributed by atoms with Gasteiger partial charge in [-0.15, -0.1) is 0 Å². The molecule has 6 nitrogen and oxygen atoms in total. The van der Waals surface area contributed by atoms with E-state index < -0.39 is 0 Å². The molecule has 0 radical (unpaired) electrons. The minimum Gasteiger partial charge on any atom is -0.457 e. The highest BCUT2D eigenvalue weighted by atomic mass is 16.5. The number of hydrogen-bond donors (Lipinski definition) is 1. The van der Waals surface area contributed by atoms with E-state index in [1.807, 2.05) is 31.2 Å². The molecule has 6 heteroatoms. The molecule has 0 heterocycles. The van der Waals surface area contributed by atoms with E-state index in [9.17, 15) is 4.79 Å². The maximum absolute atomic E-state index is 12.1. The van der Waals surface area contributed by atoms with E-state index in [0.29, 0.717) is 23.6 Å². The summed E-state index contributed by atoms with van der Waals surface area (Å²) in [5, 5.41) is 20.2. The third kappa shape index (κ3) is 5.25. The number of amides is 2. The van der Waals surface area contributed by atoms with Crippen molar-refractivity contribution in [2.45, 2.75) is 25.8 Å². The molecule has 0 aliphatic carbocycles. The highest BCUT2D eigenvalue weighted by molar-refractivity contribution is 5.89. The van der Waals surface area contributed by atoms with Crippen molar-refractivity contribution in [3.8, 4) is 23.6 Å². The van der Waals surface area contributed by atoms with Gasteiger partial charge in [-0.25, -0.2) is 4.79 Å². The molecular weight excluding hydrogens is 328 g/mol. The minimum atomic E-state index is -0.269. The first-order valence-corrected chi connectivity index (χ1v) is 8.18. The Kier molecular flexibility index (Phi) is 6.59. The number of rotatable bonds is 6. The summed E-state index contributed by atoms with van der Waals surface area (Å²) >= 11 is 0. The van der Waals surface area contributed by atoms with Crippen molar-refractivity contribution < 1.29 is 9.53 Å². The molecule has 0 unspecified atom stereocenters. The lowest BCUT2D eigenvalue weighted by molar-refractivity contribution is 0.208. The number of nitrogens with zero attached hydrogens (tertiary/aromatic N) is 3. The Morgan fingerprint density at radius 2 is 1.65 bits per heavy atom. The van der Waals surface area contributed by atoms with Gasteiger partial charge in [-0.3, -0.25) is 0 Å². The predicted octanol–water partition coefficient (Wildman–Crippen LogP) is 4.31. The zero-order valence-electron chi connectivity index (χ0n) is 14.8. The Hall–Kier alpha value is -3.51. The number of nitrogens with one attached hydrogen (secondary N) is 1. The number of urea groups is 1. The summed E-state index contributed by atoms with van der Waals surface area (Å²) in [6.45, 7) is 1.82. The molecule has 2 aromatic carbocycles. The van der Waals surface area contributed by atoms with Crippen molar-refractivity contribution in [1.29, 1.82) is 10.5 Å². The number of benzene rings is 2. The first-order chi connectivity index (χ1) is 12.5. The highest BCUT2D eigenvalue weighted by Crippen LogP contribution is 2.23. The van der Waals surface area contributed by atoms with Crippen LogP contribution in [0.5, 0.6) is 11.5 Å². The topological polar surface area (TPSA) is 89.2 Å². The van der Waals surface area contributed by atoms with Gasteiger partial charge in [0.2, 0.25) is 0 Å². The lowest BCUT2D eigenvalue weighted by Crippen LogP contribution is -2.38. The average molecular weight is 348 g/mol. The molecular formula is C20H20N4O2. The molecule has 0 aliphatic heterocycles. The molecule has 0 aliphatic rings. The van der Waals surface area contributed by atoms with Crippen LogP contribution in [0, 0.1) is 22.7 Å². The molecule has 0 saturated heterocycles. The Labute approximate surface area is 153 Å². The molecule has 0 bridgehead atoms. The van der Waals surface area contributed by atoms with E-state index in [1.165, 1.54) is 4.90 Å². The maximum Gasteiger partial charge on any atom is 0.321 e. The van der Waals surface area contributed by atoms with E-state index in [2.05, 4.69) is 17.5 Å². The van der Waals surface area contributed by atoms with Gasteiger partial charge in [-0.2, -0.15) is 10.5 Å². The van der Waals surface area contributed by atoms with Crippen LogP contribution >= 0.6 is 0 Å². The largest absolute Gasteiger partial charge is 0.457 e. The van der Waals surface area contributed by atoms with Gasteiger partial charge >= 0.3 is 6.03 Å². The third-order valence-electron chi connectivity index (χ3n) is 3.92. The molecule has 0 aromatic heterocycles. The van der Waals surface area contributed by atoms with Gasteiger partial charge in [0, 0.05) is 18.8 Å². The average Bonchev–Trinajstić information content (AvgIpc) is 2.64. The monoisotopic (exact) mass is 348 g/mol. The predicted molar refractivity (Wildman–Crippen MR) is 98.7 cm³/mol. The quantitative estimate of drug-likeness (QED) is 0.842. The molecule has 1 N–H and O–H groups in total.